The molecule has 0 aliphatic carbocycles. The lowest BCUT2D eigenvalue weighted by molar-refractivity contribution is 0.0316. The van der Waals surface area contributed by atoms with Crippen molar-refractivity contribution in [3.63, 3.8) is 0 Å². The average Bonchev–Trinajstić information content (AvgIpc) is 3.06. The summed E-state index contributed by atoms with van der Waals surface area (Å²) < 4.78 is 13.8. The maximum atomic E-state index is 12.5. The zero-order chi connectivity index (χ0) is 13.4. The SMILES string of the molecule is Cc1cn(C2CCCO2)c(=O)n(C2CCCO2)c1=O. The van der Waals surface area contributed by atoms with Crippen LogP contribution in [0.15, 0.2) is 15.8 Å². The number of hydrogen-bond donors (Lipinski definition) is 0. The second kappa shape index (κ2) is 4.94. The molecule has 0 N–H and O–H groups in total. The number of aryl methyl sites for hydroxylation is 1. The first-order valence-electron chi connectivity index (χ1n) is 6.76. The Kier molecular flexibility index (Phi) is 3.28. The van der Waals surface area contributed by atoms with E-state index in [0.29, 0.717) is 25.2 Å². The quantitative estimate of drug-likeness (QED) is 0.799. The van der Waals surface area contributed by atoms with Gasteiger partial charge in [0.15, 0.2) is 0 Å². The lowest BCUT2D eigenvalue weighted by Gasteiger charge is -2.19. The van der Waals surface area contributed by atoms with E-state index in [4.69, 9.17) is 9.47 Å². The van der Waals surface area contributed by atoms with Crippen molar-refractivity contribution in [2.24, 2.45) is 0 Å². The van der Waals surface area contributed by atoms with Crippen LogP contribution in [0.5, 0.6) is 0 Å². The third-order valence-electron chi connectivity index (χ3n) is 3.73. The predicted octanol–water partition coefficient (Wildman–Crippen LogP) is 0.936. The minimum absolute atomic E-state index is 0.251. The van der Waals surface area contributed by atoms with Gasteiger partial charge in [-0.05, 0) is 32.6 Å². The minimum Gasteiger partial charge on any atom is -0.358 e. The van der Waals surface area contributed by atoms with Crippen molar-refractivity contribution >= 4 is 0 Å². The van der Waals surface area contributed by atoms with Crippen LogP contribution in [0, 0.1) is 6.92 Å². The second-order valence-corrected chi connectivity index (χ2v) is 5.11. The third kappa shape index (κ3) is 2.15. The molecule has 104 valence electrons. The minimum atomic E-state index is -0.424. The number of ether oxygens (including phenoxy) is 2. The van der Waals surface area contributed by atoms with Gasteiger partial charge >= 0.3 is 5.69 Å². The first kappa shape index (κ1) is 12.6. The summed E-state index contributed by atoms with van der Waals surface area (Å²) in [6.07, 6.45) is 4.27. The highest BCUT2D eigenvalue weighted by molar-refractivity contribution is 5.04. The Bertz CT molecular complexity index is 577. The zero-order valence-electron chi connectivity index (χ0n) is 11.0. The summed E-state index contributed by atoms with van der Waals surface area (Å²) in [5, 5.41) is 0. The summed E-state index contributed by atoms with van der Waals surface area (Å²) in [7, 11) is 0. The van der Waals surface area contributed by atoms with E-state index in [1.165, 1.54) is 9.13 Å². The fraction of sp³-hybridized carbons (Fsp3) is 0.692. The van der Waals surface area contributed by atoms with Crippen molar-refractivity contribution in [2.75, 3.05) is 13.2 Å². The monoisotopic (exact) mass is 266 g/mol. The Balaban J connectivity index is 2.11. The highest BCUT2D eigenvalue weighted by atomic mass is 16.5. The maximum Gasteiger partial charge on any atom is 0.335 e. The lowest BCUT2D eigenvalue weighted by Crippen LogP contribution is -2.43. The van der Waals surface area contributed by atoms with Crippen molar-refractivity contribution in [1.29, 1.82) is 0 Å². The normalized spacial score (nSPS) is 27.0. The van der Waals surface area contributed by atoms with Crippen molar-refractivity contribution < 1.29 is 9.47 Å². The van der Waals surface area contributed by atoms with E-state index in [-0.39, 0.29) is 17.5 Å². The smallest absolute Gasteiger partial charge is 0.335 e. The molecule has 6 nitrogen and oxygen atoms in total. The summed E-state index contributed by atoms with van der Waals surface area (Å²) >= 11 is 0. The molecular weight excluding hydrogens is 248 g/mol. The second-order valence-electron chi connectivity index (χ2n) is 5.11. The molecular formula is C13H18N2O4. The van der Waals surface area contributed by atoms with Crippen LogP contribution in [0.2, 0.25) is 0 Å². The average molecular weight is 266 g/mol. The van der Waals surface area contributed by atoms with Gasteiger partial charge in [-0.2, -0.15) is 0 Å². The van der Waals surface area contributed by atoms with Gasteiger partial charge in [-0.15, -0.1) is 0 Å². The van der Waals surface area contributed by atoms with Crippen LogP contribution in [-0.4, -0.2) is 22.3 Å². The molecule has 1 aromatic rings. The fourth-order valence-corrected chi connectivity index (χ4v) is 2.72. The maximum absolute atomic E-state index is 12.5. The Morgan fingerprint density at radius 3 is 2.32 bits per heavy atom. The van der Waals surface area contributed by atoms with E-state index >= 15 is 0 Å². The van der Waals surface area contributed by atoms with Crippen molar-refractivity contribution in [3.8, 4) is 0 Å². The zero-order valence-corrected chi connectivity index (χ0v) is 11.0. The molecule has 2 aliphatic heterocycles. The summed E-state index contributed by atoms with van der Waals surface area (Å²) in [6, 6.07) is 0. The summed E-state index contributed by atoms with van der Waals surface area (Å²) in [4.78, 5) is 24.7. The largest absolute Gasteiger partial charge is 0.358 e. The van der Waals surface area contributed by atoms with Crippen LogP contribution in [0.1, 0.15) is 43.7 Å². The van der Waals surface area contributed by atoms with E-state index in [1.54, 1.807) is 13.1 Å². The van der Waals surface area contributed by atoms with Crippen molar-refractivity contribution in [3.05, 3.63) is 32.6 Å². The molecule has 2 atom stereocenters. The van der Waals surface area contributed by atoms with Crippen LogP contribution in [0.4, 0.5) is 0 Å². The van der Waals surface area contributed by atoms with E-state index in [1.807, 2.05) is 0 Å². The summed E-state index contributed by atoms with van der Waals surface area (Å²) in [6.45, 7) is 2.98. The lowest BCUT2D eigenvalue weighted by atomic mass is 10.3. The molecule has 19 heavy (non-hydrogen) atoms. The Labute approximate surface area is 110 Å². The van der Waals surface area contributed by atoms with Crippen molar-refractivity contribution in [2.45, 2.75) is 45.1 Å². The molecule has 3 heterocycles. The van der Waals surface area contributed by atoms with Gasteiger partial charge in [0.25, 0.3) is 5.56 Å². The van der Waals surface area contributed by atoms with Crippen LogP contribution in [-0.2, 0) is 9.47 Å². The van der Waals surface area contributed by atoms with Gasteiger partial charge in [0.1, 0.15) is 12.5 Å². The summed E-state index contributed by atoms with van der Waals surface area (Å²) in [5.41, 5.74) is -0.0360. The Morgan fingerprint density at radius 1 is 1.11 bits per heavy atom. The molecule has 0 saturated carbocycles. The molecule has 2 fully saturated rings. The molecule has 2 aliphatic rings. The molecule has 1 aromatic heterocycles. The third-order valence-corrected chi connectivity index (χ3v) is 3.73. The molecule has 6 heteroatoms. The van der Waals surface area contributed by atoms with Gasteiger partial charge in [-0.1, -0.05) is 0 Å². The molecule has 3 rings (SSSR count). The molecule has 0 bridgehead atoms. The van der Waals surface area contributed by atoms with Crippen LogP contribution in [0.3, 0.4) is 0 Å². The Morgan fingerprint density at radius 2 is 1.74 bits per heavy atom. The predicted molar refractivity (Wildman–Crippen MR) is 68.1 cm³/mol. The van der Waals surface area contributed by atoms with Crippen molar-refractivity contribution in [1.82, 2.24) is 9.13 Å². The first-order valence-corrected chi connectivity index (χ1v) is 6.76. The fourth-order valence-electron chi connectivity index (χ4n) is 2.72. The van der Waals surface area contributed by atoms with Gasteiger partial charge in [-0.3, -0.25) is 9.36 Å². The van der Waals surface area contributed by atoms with Crippen LogP contribution in [0.25, 0.3) is 0 Å². The van der Waals surface area contributed by atoms with Gasteiger partial charge in [-0.25, -0.2) is 9.36 Å². The van der Waals surface area contributed by atoms with Gasteiger partial charge < -0.3 is 9.47 Å². The first-order chi connectivity index (χ1) is 9.18. The molecule has 0 radical (unpaired) electrons. The standard InChI is InChI=1S/C13H18N2O4/c1-9-8-14(10-4-2-6-18-10)13(17)15(12(9)16)11-5-3-7-19-11/h8,10-11H,2-7H2,1H3. The number of aromatic nitrogens is 2. The van der Waals surface area contributed by atoms with Crippen LogP contribution < -0.4 is 11.2 Å². The van der Waals surface area contributed by atoms with Gasteiger partial charge in [0.05, 0.1) is 0 Å². The van der Waals surface area contributed by atoms with E-state index in [2.05, 4.69) is 0 Å². The molecule has 2 unspecified atom stereocenters. The highest BCUT2D eigenvalue weighted by Crippen LogP contribution is 2.23. The van der Waals surface area contributed by atoms with E-state index in [0.717, 1.165) is 19.3 Å². The number of rotatable bonds is 2. The highest BCUT2D eigenvalue weighted by Gasteiger charge is 2.26. The van der Waals surface area contributed by atoms with E-state index in [9.17, 15) is 9.59 Å². The molecule has 0 spiro atoms. The molecule has 2 saturated heterocycles. The number of nitrogens with zero attached hydrogens (tertiary/aromatic N) is 2. The summed E-state index contributed by atoms with van der Waals surface area (Å²) in [5.74, 6) is 0. The molecule has 0 amide bonds. The molecule has 0 aromatic carbocycles. The topological polar surface area (TPSA) is 62.5 Å². The van der Waals surface area contributed by atoms with Gasteiger partial charge in [0.2, 0.25) is 0 Å². The number of hydrogen-bond acceptors (Lipinski definition) is 4. The van der Waals surface area contributed by atoms with Crippen LogP contribution >= 0.6 is 0 Å². The van der Waals surface area contributed by atoms with E-state index < -0.39 is 6.23 Å². The van der Waals surface area contributed by atoms with Gasteiger partial charge in [0, 0.05) is 25.0 Å². The Hall–Kier alpha value is -1.40.